The summed E-state index contributed by atoms with van der Waals surface area (Å²) in [5, 5.41) is 9.28. The summed E-state index contributed by atoms with van der Waals surface area (Å²) in [6, 6.07) is 7.44. The van der Waals surface area contributed by atoms with Crippen molar-refractivity contribution in [3.8, 4) is 5.75 Å². The molecule has 0 saturated carbocycles. The molecule has 1 aromatic carbocycles. The van der Waals surface area contributed by atoms with E-state index in [-0.39, 0.29) is 20.4 Å². The van der Waals surface area contributed by atoms with Gasteiger partial charge in [-0.15, -0.1) is 0 Å². The second kappa shape index (κ2) is 4.54. The van der Waals surface area contributed by atoms with Crippen molar-refractivity contribution >= 4 is 0 Å². The van der Waals surface area contributed by atoms with Crippen LogP contribution in [0.1, 0.15) is 25.3 Å². The van der Waals surface area contributed by atoms with E-state index in [1.807, 2.05) is 18.2 Å². The van der Waals surface area contributed by atoms with Gasteiger partial charge < -0.3 is 5.11 Å². The summed E-state index contributed by atoms with van der Waals surface area (Å²) < 4.78 is 0. The maximum atomic E-state index is 9.28. The van der Waals surface area contributed by atoms with E-state index in [1.54, 1.807) is 6.07 Å². The molecule has 0 spiro atoms. The molecular formula is C9H12ORe. The Morgan fingerprint density at radius 3 is 2.09 bits per heavy atom. The molecule has 1 radical (unpaired) electrons. The third-order valence-corrected chi connectivity index (χ3v) is 1.56. The number of hydrogen-bond donors (Lipinski definition) is 1. The fourth-order valence-corrected chi connectivity index (χ4v) is 0.976. The molecule has 1 aromatic rings. The summed E-state index contributed by atoms with van der Waals surface area (Å²) in [7, 11) is 0. The van der Waals surface area contributed by atoms with Gasteiger partial charge in [-0.05, 0) is 17.5 Å². The van der Waals surface area contributed by atoms with E-state index < -0.39 is 0 Å². The van der Waals surface area contributed by atoms with Crippen molar-refractivity contribution in [2.75, 3.05) is 0 Å². The summed E-state index contributed by atoms with van der Waals surface area (Å²) >= 11 is 0. The van der Waals surface area contributed by atoms with Gasteiger partial charge in [0.2, 0.25) is 0 Å². The molecule has 0 atom stereocenters. The Kier molecular flexibility index (Phi) is 4.41. The monoisotopic (exact) mass is 323 g/mol. The molecule has 0 heterocycles. The van der Waals surface area contributed by atoms with Crippen LogP contribution in [0.25, 0.3) is 0 Å². The molecule has 61 valence electrons. The van der Waals surface area contributed by atoms with Gasteiger partial charge in [-0.25, -0.2) is 0 Å². The first-order chi connectivity index (χ1) is 4.72. The van der Waals surface area contributed by atoms with Crippen LogP contribution in [-0.2, 0) is 20.4 Å². The van der Waals surface area contributed by atoms with Crippen molar-refractivity contribution in [3.63, 3.8) is 0 Å². The Labute approximate surface area is 81.1 Å². The van der Waals surface area contributed by atoms with Crippen LogP contribution in [0, 0.1) is 0 Å². The van der Waals surface area contributed by atoms with Crippen molar-refractivity contribution in [2.24, 2.45) is 0 Å². The fourth-order valence-electron chi connectivity index (χ4n) is 0.976. The number of aromatic hydroxyl groups is 1. The molecule has 0 saturated heterocycles. The third kappa shape index (κ3) is 2.65. The van der Waals surface area contributed by atoms with Crippen LogP contribution >= 0.6 is 0 Å². The second-order valence-corrected chi connectivity index (χ2v) is 2.71. The first-order valence-electron chi connectivity index (χ1n) is 3.49. The van der Waals surface area contributed by atoms with Crippen LogP contribution in [0.5, 0.6) is 5.75 Å². The number of para-hydroxylation sites is 1. The summed E-state index contributed by atoms with van der Waals surface area (Å²) in [4.78, 5) is 0. The first kappa shape index (κ1) is 10.7. The molecule has 0 aliphatic carbocycles. The molecule has 0 aliphatic heterocycles. The Hall–Kier alpha value is -0.318. The number of hydrogen-bond acceptors (Lipinski definition) is 1. The molecule has 0 bridgehead atoms. The van der Waals surface area contributed by atoms with Crippen LogP contribution in [-0.4, -0.2) is 5.11 Å². The van der Waals surface area contributed by atoms with E-state index in [9.17, 15) is 5.11 Å². The molecule has 1 nitrogen and oxygen atoms in total. The molecule has 2 heteroatoms. The first-order valence-corrected chi connectivity index (χ1v) is 3.49. The smallest absolute Gasteiger partial charge is 0.119 e. The van der Waals surface area contributed by atoms with E-state index in [4.69, 9.17) is 0 Å². The number of rotatable bonds is 1. The zero-order valence-corrected chi connectivity index (χ0v) is 9.43. The van der Waals surface area contributed by atoms with Gasteiger partial charge in [-0.1, -0.05) is 32.0 Å². The van der Waals surface area contributed by atoms with Crippen LogP contribution in [0.15, 0.2) is 24.3 Å². The Bertz CT molecular complexity index is 221. The average molecular weight is 322 g/mol. The van der Waals surface area contributed by atoms with Gasteiger partial charge >= 0.3 is 0 Å². The number of phenols is 1. The molecule has 11 heavy (non-hydrogen) atoms. The van der Waals surface area contributed by atoms with Crippen molar-refractivity contribution in [1.82, 2.24) is 0 Å². The summed E-state index contributed by atoms with van der Waals surface area (Å²) in [6.07, 6.45) is 0. The minimum absolute atomic E-state index is 0. The van der Waals surface area contributed by atoms with E-state index in [1.165, 1.54) is 0 Å². The predicted molar refractivity (Wildman–Crippen MR) is 42.2 cm³/mol. The quantitative estimate of drug-likeness (QED) is 0.842. The van der Waals surface area contributed by atoms with Crippen LogP contribution in [0.2, 0.25) is 0 Å². The van der Waals surface area contributed by atoms with Gasteiger partial charge in [-0.3, -0.25) is 0 Å². The Morgan fingerprint density at radius 2 is 1.73 bits per heavy atom. The standard InChI is InChI=1S/C9H12O.Re/c1-7(2)8-5-3-4-6-9(8)10;/h3-7,10H,1-2H3;. The molecule has 0 aliphatic rings. The van der Waals surface area contributed by atoms with E-state index in [0.29, 0.717) is 11.7 Å². The van der Waals surface area contributed by atoms with Gasteiger partial charge in [0.25, 0.3) is 0 Å². The van der Waals surface area contributed by atoms with Crippen molar-refractivity contribution in [1.29, 1.82) is 0 Å². The average Bonchev–Trinajstić information content (AvgIpc) is 1.88. The maximum Gasteiger partial charge on any atom is 0.119 e. The SMILES string of the molecule is CC(C)c1ccccc1O.[Re]. The van der Waals surface area contributed by atoms with Crippen molar-refractivity contribution in [3.05, 3.63) is 29.8 Å². The zero-order chi connectivity index (χ0) is 7.56. The second-order valence-electron chi connectivity index (χ2n) is 2.71. The van der Waals surface area contributed by atoms with Crippen LogP contribution in [0.4, 0.5) is 0 Å². The van der Waals surface area contributed by atoms with Gasteiger partial charge in [0, 0.05) is 20.4 Å². The van der Waals surface area contributed by atoms with E-state index in [2.05, 4.69) is 13.8 Å². The largest absolute Gasteiger partial charge is 0.508 e. The van der Waals surface area contributed by atoms with Gasteiger partial charge in [0.05, 0.1) is 0 Å². The normalized spacial score (nSPS) is 9.36. The molecule has 0 amide bonds. The van der Waals surface area contributed by atoms with Gasteiger partial charge in [-0.2, -0.15) is 0 Å². The predicted octanol–water partition coefficient (Wildman–Crippen LogP) is 2.51. The summed E-state index contributed by atoms with van der Waals surface area (Å²) in [5.41, 5.74) is 1.02. The molecule has 1 N–H and O–H groups in total. The zero-order valence-electron chi connectivity index (χ0n) is 6.71. The van der Waals surface area contributed by atoms with E-state index >= 15 is 0 Å². The summed E-state index contributed by atoms with van der Waals surface area (Å²) in [5.74, 6) is 0.804. The van der Waals surface area contributed by atoms with Crippen molar-refractivity contribution in [2.45, 2.75) is 19.8 Å². The molecule has 1 rings (SSSR count). The van der Waals surface area contributed by atoms with Crippen LogP contribution < -0.4 is 0 Å². The van der Waals surface area contributed by atoms with E-state index in [0.717, 1.165) is 5.56 Å². The Morgan fingerprint density at radius 1 is 1.18 bits per heavy atom. The summed E-state index contributed by atoms with van der Waals surface area (Å²) in [6.45, 7) is 4.13. The number of phenolic OH excluding ortho intramolecular Hbond substituents is 1. The van der Waals surface area contributed by atoms with Crippen LogP contribution in [0.3, 0.4) is 0 Å². The minimum Gasteiger partial charge on any atom is -0.508 e. The molecule has 0 unspecified atom stereocenters. The van der Waals surface area contributed by atoms with Gasteiger partial charge in [0.1, 0.15) is 5.75 Å². The Balaban J connectivity index is 0.000001000. The minimum atomic E-state index is 0. The number of benzene rings is 1. The molecule has 0 aromatic heterocycles. The third-order valence-electron chi connectivity index (χ3n) is 1.56. The molecular weight excluding hydrogens is 310 g/mol. The fraction of sp³-hybridized carbons (Fsp3) is 0.333. The maximum absolute atomic E-state index is 9.28. The topological polar surface area (TPSA) is 20.2 Å². The van der Waals surface area contributed by atoms with Gasteiger partial charge in [0.15, 0.2) is 0 Å². The van der Waals surface area contributed by atoms with Crippen molar-refractivity contribution < 1.29 is 25.5 Å². The molecule has 0 fully saturated rings.